The van der Waals surface area contributed by atoms with Crippen molar-refractivity contribution in [1.82, 2.24) is 9.80 Å². The zero-order valence-electron chi connectivity index (χ0n) is 29.3. The van der Waals surface area contributed by atoms with Crippen molar-refractivity contribution in [3.05, 3.63) is 125 Å². The topological polar surface area (TPSA) is 75.2 Å². The van der Waals surface area contributed by atoms with Gasteiger partial charge in [0.15, 0.2) is 5.78 Å². The Morgan fingerprint density at radius 3 is 2.33 bits per heavy atom. The molecule has 2 fully saturated rings. The minimum atomic E-state index is -0.606. The second-order valence-electron chi connectivity index (χ2n) is 13.4. The number of piperidine rings is 1. The maximum Gasteiger partial charge on any atom is 0.265 e. The molecule has 0 aromatic heterocycles. The summed E-state index contributed by atoms with van der Waals surface area (Å²) in [5.74, 6) is -0.143. The number of allylic oxidation sites excluding steroid dienone is 2. The van der Waals surface area contributed by atoms with Gasteiger partial charge in [-0.2, -0.15) is 0 Å². The molecule has 0 bridgehead atoms. The molecule has 0 N–H and O–H groups in total. The Hall–Kier alpha value is -5.51. The first-order valence-electron chi connectivity index (χ1n) is 17.7. The van der Waals surface area contributed by atoms with Gasteiger partial charge >= 0.3 is 0 Å². The minimum Gasteiger partial charge on any atom is -0.370 e. The summed E-state index contributed by atoms with van der Waals surface area (Å²) in [6.07, 6.45) is 2.56. The van der Waals surface area contributed by atoms with Crippen LogP contribution < -0.4 is 9.80 Å². The van der Waals surface area contributed by atoms with Crippen molar-refractivity contribution in [1.29, 1.82) is 5.26 Å². The second-order valence-corrected chi connectivity index (χ2v) is 13.4. The summed E-state index contributed by atoms with van der Waals surface area (Å²) in [6.45, 7) is 16.2. The van der Waals surface area contributed by atoms with Crippen molar-refractivity contribution in [2.24, 2.45) is 0 Å². The number of amides is 1. The first-order valence-corrected chi connectivity index (χ1v) is 17.7. The van der Waals surface area contributed by atoms with Crippen molar-refractivity contribution in [2.45, 2.75) is 45.1 Å². The highest BCUT2D eigenvalue weighted by molar-refractivity contribution is 5.96. The first kappa shape index (κ1) is 35.3. The quantitative estimate of drug-likeness (QED) is 0.0864. The van der Waals surface area contributed by atoms with Gasteiger partial charge in [0.05, 0.1) is 19.3 Å². The monoisotopic (exact) mass is 682 g/mol. The molecule has 2 aliphatic heterocycles. The van der Waals surface area contributed by atoms with Gasteiger partial charge in [-0.15, -0.1) is 0 Å². The second kappa shape index (κ2) is 15.6. The number of rotatable bonds is 12. The normalized spacial score (nSPS) is 16.2. The van der Waals surface area contributed by atoms with Crippen LogP contribution in [0, 0.1) is 23.7 Å². The van der Waals surface area contributed by atoms with E-state index in [1.54, 1.807) is 19.1 Å². The lowest BCUT2D eigenvalue weighted by Crippen LogP contribution is -2.56. The molecule has 4 aromatic carbocycles. The number of benzene rings is 4. The fourth-order valence-electron chi connectivity index (χ4n) is 7.47. The molecule has 1 spiro atoms. The molecule has 0 unspecified atom stereocenters. The Bertz CT molecular complexity index is 1990. The summed E-state index contributed by atoms with van der Waals surface area (Å²) in [7, 11) is 0. The lowest BCUT2D eigenvalue weighted by Gasteiger charge is -2.43. The molecule has 1 amide bonds. The number of fused-ring (bicyclic) bond motifs is 1. The minimum absolute atomic E-state index is 0.0230. The third-order valence-corrected chi connectivity index (χ3v) is 10.5. The summed E-state index contributed by atoms with van der Waals surface area (Å²) in [5.41, 5.74) is 3.70. The van der Waals surface area contributed by atoms with Crippen LogP contribution in [0.2, 0.25) is 0 Å². The molecule has 6 rings (SSSR count). The fourth-order valence-corrected chi connectivity index (χ4v) is 7.47. The number of hydrogen-bond acceptors (Lipinski definition) is 6. The molecule has 51 heavy (non-hydrogen) atoms. The molecule has 260 valence electrons. The Morgan fingerprint density at radius 2 is 1.65 bits per heavy atom. The Kier molecular flexibility index (Phi) is 10.8. The smallest absolute Gasteiger partial charge is 0.265 e. The summed E-state index contributed by atoms with van der Waals surface area (Å²) in [5, 5.41) is 11.4. The molecule has 2 heterocycles. The number of likely N-dealkylation sites (N-methyl/N-ethyl adjacent to an activating group) is 1. The molecule has 0 saturated carbocycles. The molecule has 8 nitrogen and oxygen atoms in total. The molecular weight excluding hydrogens is 640 g/mol. The van der Waals surface area contributed by atoms with Gasteiger partial charge < -0.3 is 19.6 Å². The van der Waals surface area contributed by atoms with Crippen molar-refractivity contribution in [2.75, 3.05) is 55.7 Å². The van der Waals surface area contributed by atoms with Crippen LogP contribution in [0.25, 0.3) is 21.2 Å². The summed E-state index contributed by atoms with van der Waals surface area (Å²) in [6, 6.07) is 30.3. The predicted molar refractivity (Wildman–Crippen MR) is 201 cm³/mol. The van der Waals surface area contributed by atoms with Crippen LogP contribution in [0.1, 0.15) is 55.5 Å². The lowest BCUT2D eigenvalue weighted by molar-refractivity contribution is -0.133. The maximum absolute atomic E-state index is 14.4. The van der Waals surface area contributed by atoms with E-state index in [1.165, 1.54) is 12.1 Å². The van der Waals surface area contributed by atoms with Crippen molar-refractivity contribution < 1.29 is 14.0 Å². The van der Waals surface area contributed by atoms with E-state index in [2.05, 4.69) is 56.8 Å². The van der Waals surface area contributed by atoms with Crippen LogP contribution in [0.15, 0.2) is 96.7 Å². The Labute approximate surface area is 299 Å². The maximum atomic E-state index is 14.4. The van der Waals surface area contributed by atoms with Crippen molar-refractivity contribution in [3.8, 4) is 6.07 Å². The Morgan fingerprint density at radius 1 is 0.961 bits per heavy atom. The van der Waals surface area contributed by atoms with Crippen LogP contribution in [0.4, 0.5) is 15.8 Å². The van der Waals surface area contributed by atoms with E-state index in [9.17, 15) is 19.2 Å². The van der Waals surface area contributed by atoms with Gasteiger partial charge in [0.1, 0.15) is 11.4 Å². The van der Waals surface area contributed by atoms with Gasteiger partial charge in [-0.05, 0) is 116 Å². The number of hydrogen-bond donors (Lipinski definition) is 0. The number of nitrogens with zero attached hydrogens (tertiary/aromatic N) is 6. The number of halogens is 1. The largest absolute Gasteiger partial charge is 0.370 e. The van der Waals surface area contributed by atoms with E-state index >= 15 is 0 Å². The van der Waals surface area contributed by atoms with E-state index in [4.69, 9.17) is 6.57 Å². The highest BCUT2D eigenvalue weighted by Crippen LogP contribution is 2.39. The van der Waals surface area contributed by atoms with Crippen LogP contribution in [0.3, 0.4) is 0 Å². The Balaban J connectivity index is 1.11. The van der Waals surface area contributed by atoms with Gasteiger partial charge in [-0.3, -0.25) is 9.59 Å². The highest BCUT2D eigenvalue weighted by atomic mass is 19.1. The van der Waals surface area contributed by atoms with Gasteiger partial charge in [0, 0.05) is 56.1 Å². The number of ketones is 1. The summed E-state index contributed by atoms with van der Waals surface area (Å²) >= 11 is 0. The van der Waals surface area contributed by atoms with Crippen molar-refractivity contribution in [3.63, 3.8) is 0 Å². The summed E-state index contributed by atoms with van der Waals surface area (Å²) < 4.78 is 13.3. The molecule has 0 atom stereocenters. The number of carbonyl (C=O) groups is 2. The third kappa shape index (κ3) is 7.50. The third-order valence-electron chi connectivity index (χ3n) is 10.5. The average Bonchev–Trinajstić information content (AvgIpc) is 3.43. The fraction of sp³-hybridized carbons (Fsp3) is 0.333. The van der Waals surface area contributed by atoms with Gasteiger partial charge in [-0.25, -0.2) is 14.5 Å². The van der Waals surface area contributed by atoms with E-state index in [0.29, 0.717) is 50.2 Å². The molecule has 2 aliphatic rings. The lowest BCUT2D eigenvalue weighted by atomic mass is 9.85. The van der Waals surface area contributed by atoms with E-state index in [-0.39, 0.29) is 23.2 Å². The van der Waals surface area contributed by atoms with Gasteiger partial charge in [0.2, 0.25) is 5.91 Å². The molecule has 2 saturated heterocycles. The van der Waals surface area contributed by atoms with Gasteiger partial charge in [0.25, 0.3) is 5.70 Å². The molecule has 0 aliphatic carbocycles. The van der Waals surface area contributed by atoms with Gasteiger partial charge in [-0.1, -0.05) is 36.4 Å². The first-order chi connectivity index (χ1) is 24.8. The van der Waals surface area contributed by atoms with E-state index in [1.807, 2.05) is 47.4 Å². The number of Topliss-reactive ketones (excluding diaryl/α,β-unsaturated/α-hetero) is 1. The van der Waals surface area contributed by atoms with Crippen LogP contribution in [-0.4, -0.2) is 73.0 Å². The number of nitriles is 1. The number of carbonyl (C=O) groups excluding carboxylic acids is 2. The van der Waals surface area contributed by atoms with Crippen LogP contribution in [0.5, 0.6) is 0 Å². The van der Waals surface area contributed by atoms with E-state index in [0.717, 1.165) is 60.3 Å². The zero-order chi connectivity index (χ0) is 36.0. The standard InChI is InChI=1S/C42H43FN6O2/c1-4-47(38-19-16-34-27-33(12-13-35(34)28-38)31(2)39(29-44)45-3)25-26-48-30-49(37-9-6-5-7-10-37)42(41(48)51)20-23-46(24-21-42)22-8-11-40(50)32-14-17-36(43)18-15-32/h5-7,9-10,12-19,27-28H,4,8,11,20-26,30H2,1-2H3/b39-31-. The van der Waals surface area contributed by atoms with E-state index < -0.39 is 5.54 Å². The number of para-hydroxylation sites is 1. The predicted octanol–water partition coefficient (Wildman–Crippen LogP) is 7.78. The highest BCUT2D eigenvalue weighted by Gasteiger charge is 2.53. The number of anilines is 2. The molecular formula is C42H43FN6O2. The van der Waals surface area contributed by atoms with Crippen LogP contribution >= 0.6 is 0 Å². The molecule has 9 heteroatoms. The summed E-state index contributed by atoms with van der Waals surface area (Å²) in [4.78, 5) is 39.3. The molecule has 0 radical (unpaired) electrons. The zero-order valence-corrected chi connectivity index (χ0v) is 29.3. The average molecular weight is 683 g/mol. The SMILES string of the molecule is [C-]#[N+]/C(C#N)=C(/C)c1ccc2cc(N(CC)CCN3CN(c4ccccc4)C4(CCN(CCCC(=O)c5ccc(F)cc5)CC4)C3=O)ccc2c1. The number of likely N-dealkylation sites (tertiary alicyclic amines) is 1. The molecule has 4 aromatic rings. The van der Waals surface area contributed by atoms with Crippen LogP contribution in [-0.2, 0) is 4.79 Å². The van der Waals surface area contributed by atoms with Crippen molar-refractivity contribution >= 4 is 39.4 Å².